The van der Waals surface area contributed by atoms with Gasteiger partial charge in [-0.1, -0.05) is 54.6 Å². The summed E-state index contributed by atoms with van der Waals surface area (Å²) < 4.78 is 32.8. The summed E-state index contributed by atoms with van der Waals surface area (Å²) in [6, 6.07) is 15.1. The zero-order chi connectivity index (χ0) is 15.9. The molecule has 0 saturated heterocycles. The molecule has 0 heterocycles. The lowest BCUT2D eigenvalue weighted by Gasteiger charge is -2.13. The average Bonchev–Trinajstić information content (AvgIpc) is 2.45. The standard InChI is InChI=1S/C18H16O3S/c1-12(2)11-17-16-8-7-13-5-3-4-6-14(13)15(16)9-10-18(17)22(19,20)21/h3-10H,1,11H2,2H3,(H,19,20,21). The first-order valence-corrected chi connectivity index (χ1v) is 8.37. The van der Waals surface area contributed by atoms with Crippen LogP contribution in [0, 0.1) is 0 Å². The Balaban J connectivity index is 2.46. The van der Waals surface area contributed by atoms with Crippen molar-refractivity contribution in [3.8, 4) is 0 Å². The Hall–Kier alpha value is -2.17. The quantitative estimate of drug-likeness (QED) is 0.444. The predicted molar refractivity (Wildman–Crippen MR) is 89.8 cm³/mol. The van der Waals surface area contributed by atoms with Crippen molar-refractivity contribution < 1.29 is 13.0 Å². The van der Waals surface area contributed by atoms with E-state index in [4.69, 9.17) is 0 Å². The fourth-order valence-corrected chi connectivity index (χ4v) is 3.59. The monoisotopic (exact) mass is 312 g/mol. The van der Waals surface area contributed by atoms with E-state index in [1.54, 1.807) is 6.07 Å². The van der Waals surface area contributed by atoms with Gasteiger partial charge in [-0.05, 0) is 46.5 Å². The van der Waals surface area contributed by atoms with Crippen LogP contribution in [-0.2, 0) is 16.5 Å². The van der Waals surface area contributed by atoms with Crippen molar-refractivity contribution in [2.75, 3.05) is 0 Å². The molecule has 1 N–H and O–H groups in total. The van der Waals surface area contributed by atoms with Crippen LogP contribution in [0.4, 0.5) is 0 Å². The second-order valence-electron chi connectivity index (χ2n) is 5.53. The highest BCUT2D eigenvalue weighted by atomic mass is 32.2. The number of hydrogen-bond donors (Lipinski definition) is 1. The van der Waals surface area contributed by atoms with Crippen LogP contribution in [0.3, 0.4) is 0 Å². The maximum atomic E-state index is 11.7. The van der Waals surface area contributed by atoms with Crippen molar-refractivity contribution in [2.24, 2.45) is 0 Å². The maximum absolute atomic E-state index is 11.7. The molecule has 0 bridgehead atoms. The summed E-state index contributed by atoms with van der Waals surface area (Å²) in [6.45, 7) is 5.71. The van der Waals surface area contributed by atoms with Crippen LogP contribution in [0.1, 0.15) is 12.5 Å². The molecule has 4 heteroatoms. The molecule has 0 aliphatic carbocycles. The van der Waals surface area contributed by atoms with Crippen LogP contribution in [0.2, 0.25) is 0 Å². The van der Waals surface area contributed by atoms with Crippen LogP contribution < -0.4 is 0 Å². The maximum Gasteiger partial charge on any atom is 0.294 e. The fraction of sp³-hybridized carbons (Fsp3) is 0.111. The Bertz CT molecular complexity index is 1000. The number of allylic oxidation sites excluding steroid dienone is 1. The summed E-state index contributed by atoms with van der Waals surface area (Å²) in [5.74, 6) is 0. The van der Waals surface area contributed by atoms with Gasteiger partial charge in [-0.15, -0.1) is 0 Å². The number of hydrogen-bond acceptors (Lipinski definition) is 2. The van der Waals surface area contributed by atoms with Gasteiger partial charge in [0.25, 0.3) is 10.1 Å². The molecule has 0 aliphatic heterocycles. The lowest BCUT2D eigenvalue weighted by molar-refractivity contribution is 0.482. The summed E-state index contributed by atoms with van der Waals surface area (Å²) >= 11 is 0. The first-order chi connectivity index (χ1) is 10.4. The minimum atomic E-state index is -4.26. The van der Waals surface area contributed by atoms with Gasteiger partial charge in [-0.3, -0.25) is 4.55 Å². The first kappa shape index (κ1) is 14.8. The molecule has 0 amide bonds. The van der Waals surface area contributed by atoms with Crippen LogP contribution in [0.5, 0.6) is 0 Å². The molecule has 22 heavy (non-hydrogen) atoms. The average molecular weight is 312 g/mol. The van der Waals surface area contributed by atoms with Gasteiger partial charge in [0.2, 0.25) is 0 Å². The molecular weight excluding hydrogens is 296 g/mol. The van der Waals surface area contributed by atoms with Crippen molar-refractivity contribution in [1.29, 1.82) is 0 Å². The van der Waals surface area contributed by atoms with Crippen LogP contribution in [0.15, 0.2) is 65.6 Å². The predicted octanol–water partition coefficient (Wildman–Crippen LogP) is 4.36. The molecule has 0 aliphatic rings. The molecule has 112 valence electrons. The second kappa shape index (κ2) is 5.23. The zero-order valence-electron chi connectivity index (χ0n) is 12.2. The fourth-order valence-electron chi connectivity index (χ4n) is 2.86. The molecule has 0 aromatic heterocycles. The molecule has 0 unspecified atom stereocenters. The van der Waals surface area contributed by atoms with Crippen molar-refractivity contribution in [2.45, 2.75) is 18.2 Å². The molecule has 3 nitrogen and oxygen atoms in total. The number of fused-ring (bicyclic) bond motifs is 3. The minimum Gasteiger partial charge on any atom is -0.282 e. The normalized spacial score (nSPS) is 11.9. The van der Waals surface area contributed by atoms with E-state index in [-0.39, 0.29) is 4.90 Å². The zero-order valence-corrected chi connectivity index (χ0v) is 13.0. The molecule has 0 atom stereocenters. The summed E-state index contributed by atoms with van der Waals surface area (Å²) in [5.41, 5.74) is 1.43. The highest BCUT2D eigenvalue weighted by molar-refractivity contribution is 7.85. The van der Waals surface area contributed by atoms with Gasteiger partial charge >= 0.3 is 0 Å². The lowest BCUT2D eigenvalue weighted by atomic mass is 9.95. The Morgan fingerprint density at radius 2 is 1.68 bits per heavy atom. The van der Waals surface area contributed by atoms with Crippen molar-refractivity contribution >= 4 is 31.7 Å². The summed E-state index contributed by atoms with van der Waals surface area (Å²) in [6.07, 6.45) is 0.408. The minimum absolute atomic E-state index is 0.0433. The Labute approximate surface area is 129 Å². The molecule has 0 fully saturated rings. The molecule has 3 rings (SSSR count). The SMILES string of the molecule is C=C(C)Cc1c(S(=O)(=O)O)ccc2c1ccc1ccccc12. The third-order valence-electron chi connectivity index (χ3n) is 3.75. The van der Waals surface area contributed by atoms with E-state index in [1.165, 1.54) is 6.07 Å². The Kier molecular flexibility index (Phi) is 3.51. The van der Waals surface area contributed by atoms with Crippen LogP contribution in [-0.4, -0.2) is 13.0 Å². The summed E-state index contributed by atoms with van der Waals surface area (Å²) in [4.78, 5) is -0.0433. The smallest absolute Gasteiger partial charge is 0.282 e. The van der Waals surface area contributed by atoms with Gasteiger partial charge in [0.15, 0.2) is 0 Å². The largest absolute Gasteiger partial charge is 0.294 e. The van der Waals surface area contributed by atoms with Crippen molar-refractivity contribution in [3.05, 3.63) is 66.2 Å². The molecule has 3 aromatic carbocycles. The third-order valence-corrected chi connectivity index (χ3v) is 4.69. The molecule has 3 aromatic rings. The highest BCUT2D eigenvalue weighted by Crippen LogP contribution is 2.32. The first-order valence-electron chi connectivity index (χ1n) is 6.93. The summed E-state index contributed by atoms with van der Waals surface area (Å²) in [7, 11) is -4.26. The molecular formula is C18H16O3S. The Morgan fingerprint density at radius 1 is 1.00 bits per heavy atom. The van der Waals surface area contributed by atoms with Gasteiger partial charge in [0, 0.05) is 0 Å². The molecule has 0 radical (unpaired) electrons. The Morgan fingerprint density at radius 3 is 2.36 bits per heavy atom. The number of rotatable bonds is 3. The van der Waals surface area contributed by atoms with Crippen molar-refractivity contribution in [1.82, 2.24) is 0 Å². The van der Waals surface area contributed by atoms with Crippen LogP contribution in [0.25, 0.3) is 21.5 Å². The van der Waals surface area contributed by atoms with E-state index < -0.39 is 10.1 Å². The van der Waals surface area contributed by atoms with Gasteiger partial charge < -0.3 is 0 Å². The van der Waals surface area contributed by atoms with Gasteiger partial charge in [0.05, 0.1) is 4.90 Å². The van der Waals surface area contributed by atoms with E-state index in [2.05, 4.69) is 6.58 Å². The van der Waals surface area contributed by atoms with E-state index in [0.29, 0.717) is 12.0 Å². The lowest BCUT2D eigenvalue weighted by Crippen LogP contribution is -2.04. The highest BCUT2D eigenvalue weighted by Gasteiger charge is 2.18. The van der Waals surface area contributed by atoms with E-state index in [1.807, 2.05) is 43.3 Å². The molecule has 0 saturated carbocycles. The summed E-state index contributed by atoms with van der Waals surface area (Å²) in [5, 5.41) is 3.96. The van der Waals surface area contributed by atoms with Gasteiger partial charge in [-0.25, -0.2) is 0 Å². The van der Waals surface area contributed by atoms with Crippen molar-refractivity contribution in [3.63, 3.8) is 0 Å². The number of benzene rings is 3. The van der Waals surface area contributed by atoms with E-state index >= 15 is 0 Å². The topological polar surface area (TPSA) is 54.4 Å². The second-order valence-corrected chi connectivity index (χ2v) is 6.92. The van der Waals surface area contributed by atoms with E-state index in [9.17, 15) is 13.0 Å². The van der Waals surface area contributed by atoms with Gasteiger partial charge in [-0.2, -0.15) is 8.42 Å². The van der Waals surface area contributed by atoms with Crippen LogP contribution >= 0.6 is 0 Å². The molecule has 0 spiro atoms. The third kappa shape index (κ3) is 2.51. The van der Waals surface area contributed by atoms with E-state index in [0.717, 1.165) is 27.1 Å². The van der Waals surface area contributed by atoms with Gasteiger partial charge in [0.1, 0.15) is 0 Å².